The van der Waals surface area contributed by atoms with Gasteiger partial charge in [0.25, 0.3) is 0 Å². The van der Waals surface area contributed by atoms with Crippen LogP contribution in [0.1, 0.15) is 21.7 Å². The third-order valence-electron chi connectivity index (χ3n) is 4.19. The van der Waals surface area contributed by atoms with Gasteiger partial charge in [-0.1, -0.05) is 12.1 Å². The molecular weight excluding hydrogens is 446 g/mol. The number of aryl methyl sites for hydroxylation is 1. The smallest absolute Gasteiger partial charge is 0.342 e. The van der Waals surface area contributed by atoms with Crippen LogP contribution in [0.5, 0.6) is 5.75 Å². The second-order valence-electron chi connectivity index (χ2n) is 6.17. The van der Waals surface area contributed by atoms with Crippen LogP contribution in [0.2, 0.25) is 0 Å². The number of rotatable bonds is 8. The van der Waals surface area contributed by atoms with Crippen LogP contribution in [-0.4, -0.2) is 31.5 Å². The van der Waals surface area contributed by atoms with Gasteiger partial charge < -0.3 is 29.1 Å². The molecule has 0 saturated heterocycles. The largest absolute Gasteiger partial charge is 0.733 e. The minimum absolute atomic E-state index is 0.127. The van der Waals surface area contributed by atoms with Crippen LogP contribution in [0.25, 0.3) is 11.0 Å². The lowest BCUT2D eigenvalue weighted by molar-refractivity contribution is 0.0388. The van der Waals surface area contributed by atoms with Gasteiger partial charge in [0.05, 0.1) is 16.8 Å². The summed E-state index contributed by atoms with van der Waals surface area (Å²) in [4.78, 5) is 12.4. The minimum atomic E-state index is -0.492. The molecule has 0 atom stereocenters. The van der Waals surface area contributed by atoms with Gasteiger partial charge in [0.15, 0.2) is 0 Å². The number of halogens is 1. The summed E-state index contributed by atoms with van der Waals surface area (Å²) in [5.74, 6) is 0.475. The van der Waals surface area contributed by atoms with Gasteiger partial charge >= 0.3 is 5.97 Å². The number of ether oxygens (including phenoxy) is 3. The standard InChI is InChI=1S/C20H19BrNO7/c1-12-19(20(23)27-8-7-26-2)15-9-18(16(21)10-17(15)29-12)28-11-13-3-5-14(6-4-13)22(24)25/h3-6,9-10,24H,7-8,11H2,1-2H3/q-1. The van der Waals surface area contributed by atoms with E-state index in [4.69, 9.17) is 23.8 Å². The Hall–Kier alpha value is -2.59. The van der Waals surface area contributed by atoms with Gasteiger partial charge in [-0.3, -0.25) is 5.21 Å². The number of nitrogens with zero attached hydrogens (tertiary/aromatic N) is 1. The lowest BCUT2D eigenvalue weighted by atomic mass is 10.1. The molecule has 9 heteroatoms. The third-order valence-corrected chi connectivity index (χ3v) is 4.81. The van der Waals surface area contributed by atoms with Crippen LogP contribution < -0.4 is 9.96 Å². The van der Waals surface area contributed by atoms with Gasteiger partial charge in [0, 0.05) is 12.5 Å². The first-order chi connectivity index (χ1) is 13.9. The molecule has 0 aliphatic heterocycles. The number of carbonyl (C=O) groups excluding carboxylic acids is 1. The lowest BCUT2D eigenvalue weighted by Gasteiger charge is -2.21. The molecule has 0 aliphatic carbocycles. The van der Waals surface area contributed by atoms with Crippen LogP contribution >= 0.6 is 15.9 Å². The molecule has 1 heterocycles. The predicted octanol–water partition coefficient (Wildman–Crippen LogP) is 4.58. The van der Waals surface area contributed by atoms with E-state index in [9.17, 15) is 10.0 Å². The molecule has 2 aromatic carbocycles. The summed E-state index contributed by atoms with van der Waals surface area (Å²) < 4.78 is 22.3. The van der Waals surface area contributed by atoms with Crippen molar-refractivity contribution in [3.63, 3.8) is 0 Å². The molecular formula is C20H19BrNO7-. The summed E-state index contributed by atoms with van der Waals surface area (Å²) in [5, 5.41) is 20.1. The quantitative estimate of drug-likeness (QED) is 0.293. The maximum absolute atomic E-state index is 12.4. The number of carbonyl (C=O) groups is 1. The van der Waals surface area contributed by atoms with Gasteiger partial charge in [-0.05, 0) is 52.7 Å². The Morgan fingerprint density at radius 3 is 2.62 bits per heavy atom. The van der Waals surface area contributed by atoms with E-state index < -0.39 is 5.97 Å². The molecule has 1 N–H and O–H groups in total. The normalized spacial score (nSPS) is 10.9. The van der Waals surface area contributed by atoms with Crippen molar-refractivity contribution in [2.24, 2.45) is 0 Å². The van der Waals surface area contributed by atoms with E-state index >= 15 is 0 Å². The average Bonchev–Trinajstić information content (AvgIpc) is 3.01. The van der Waals surface area contributed by atoms with Crippen LogP contribution in [0, 0.1) is 12.1 Å². The second kappa shape index (κ2) is 9.27. The van der Waals surface area contributed by atoms with Gasteiger partial charge in [0.2, 0.25) is 0 Å². The molecule has 0 spiro atoms. The fourth-order valence-corrected chi connectivity index (χ4v) is 3.19. The SMILES string of the molecule is COCCOC(=O)c1c(C)oc2cc(Br)c(OCc3ccc(N([O-])O)cc3)cc12. The van der Waals surface area contributed by atoms with Gasteiger partial charge in [-0.25, -0.2) is 4.79 Å². The Morgan fingerprint density at radius 1 is 1.24 bits per heavy atom. The highest BCUT2D eigenvalue weighted by Gasteiger charge is 2.21. The number of benzene rings is 2. The highest BCUT2D eigenvalue weighted by atomic mass is 79.9. The highest BCUT2D eigenvalue weighted by Crippen LogP contribution is 2.35. The molecule has 0 unspecified atom stereocenters. The molecule has 3 rings (SSSR count). The molecule has 154 valence electrons. The van der Waals surface area contributed by atoms with Crippen molar-refractivity contribution in [2.75, 3.05) is 25.6 Å². The molecule has 0 amide bonds. The fourth-order valence-electron chi connectivity index (χ4n) is 2.76. The van der Waals surface area contributed by atoms with E-state index in [-0.39, 0.29) is 24.1 Å². The first-order valence-electron chi connectivity index (χ1n) is 8.67. The molecule has 8 nitrogen and oxygen atoms in total. The molecule has 0 fully saturated rings. The monoisotopic (exact) mass is 464 g/mol. The molecule has 0 aliphatic rings. The average molecular weight is 465 g/mol. The number of hydrogen-bond acceptors (Lipinski definition) is 8. The summed E-state index contributed by atoms with van der Waals surface area (Å²) in [6, 6.07) is 9.75. The van der Waals surface area contributed by atoms with E-state index in [1.54, 1.807) is 31.2 Å². The van der Waals surface area contributed by atoms with Crippen molar-refractivity contribution in [1.29, 1.82) is 0 Å². The van der Waals surface area contributed by atoms with Crippen molar-refractivity contribution in [2.45, 2.75) is 13.5 Å². The predicted molar refractivity (Wildman–Crippen MR) is 109 cm³/mol. The van der Waals surface area contributed by atoms with Crippen LogP contribution in [0.15, 0.2) is 45.3 Å². The Balaban J connectivity index is 1.82. The van der Waals surface area contributed by atoms with Crippen LogP contribution in [0.3, 0.4) is 0 Å². The molecule has 1 aromatic heterocycles. The Labute approximate surface area is 175 Å². The highest BCUT2D eigenvalue weighted by molar-refractivity contribution is 9.10. The van der Waals surface area contributed by atoms with Crippen LogP contribution in [-0.2, 0) is 16.1 Å². The summed E-state index contributed by atoms with van der Waals surface area (Å²) in [6.07, 6.45) is 0. The fraction of sp³-hybridized carbons (Fsp3) is 0.250. The lowest BCUT2D eigenvalue weighted by Crippen LogP contribution is -2.10. The molecule has 0 bridgehead atoms. The zero-order chi connectivity index (χ0) is 21.0. The van der Waals surface area contributed by atoms with E-state index in [1.165, 1.54) is 19.2 Å². The molecule has 3 aromatic rings. The number of methoxy groups -OCH3 is 1. The second-order valence-corrected chi connectivity index (χ2v) is 7.02. The van der Waals surface area contributed by atoms with Crippen molar-refractivity contribution < 1.29 is 28.6 Å². The first-order valence-corrected chi connectivity index (χ1v) is 9.46. The van der Waals surface area contributed by atoms with Crippen molar-refractivity contribution in [3.05, 3.63) is 63.0 Å². The number of hydrogen-bond donors (Lipinski definition) is 1. The summed E-state index contributed by atoms with van der Waals surface area (Å²) in [5.41, 5.74) is 1.80. The first kappa shape index (κ1) is 21.1. The number of furan rings is 1. The molecule has 0 saturated carbocycles. The molecule has 0 radical (unpaired) electrons. The van der Waals surface area contributed by atoms with Gasteiger partial charge in [-0.2, -0.15) is 0 Å². The van der Waals surface area contributed by atoms with E-state index in [2.05, 4.69) is 15.9 Å². The number of anilines is 1. The van der Waals surface area contributed by atoms with Crippen molar-refractivity contribution in [1.82, 2.24) is 0 Å². The Kier molecular flexibility index (Phi) is 6.75. The molecule has 29 heavy (non-hydrogen) atoms. The zero-order valence-corrected chi connectivity index (χ0v) is 17.4. The van der Waals surface area contributed by atoms with E-state index in [0.717, 1.165) is 5.56 Å². The van der Waals surface area contributed by atoms with Gasteiger partial charge in [0.1, 0.15) is 35.9 Å². The summed E-state index contributed by atoms with van der Waals surface area (Å²) in [6.45, 7) is 2.37. The Bertz CT molecular complexity index is 998. The van der Waals surface area contributed by atoms with E-state index in [1.807, 2.05) is 0 Å². The van der Waals surface area contributed by atoms with Crippen molar-refractivity contribution in [3.8, 4) is 5.75 Å². The third kappa shape index (κ3) is 4.88. The summed E-state index contributed by atoms with van der Waals surface area (Å²) >= 11 is 3.45. The summed E-state index contributed by atoms with van der Waals surface area (Å²) in [7, 11) is 1.53. The zero-order valence-electron chi connectivity index (χ0n) is 15.8. The Morgan fingerprint density at radius 2 is 1.97 bits per heavy atom. The van der Waals surface area contributed by atoms with Crippen LogP contribution in [0.4, 0.5) is 5.69 Å². The number of fused-ring (bicyclic) bond motifs is 1. The minimum Gasteiger partial charge on any atom is -0.733 e. The van der Waals surface area contributed by atoms with Crippen molar-refractivity contribution >= 4 is 38.6 Å². The van der Waals surface area contributed by atoms with Gasteiger partial charge in [-0.15, -0.1) is 0 Å². The topological polar surface area (TPSA) is 104 Å². The maximum Gasteiger partial charge on any atom is 0.342 e. The maximum atomic E-state index is 12.4. The number of esters is 1. The van der Waals surface area contributed by atoms with E-state index in [0.29, 0.717) is 39.1 Å².